The Bertz CT molecular complexity index is 1450. The molecule has 0 aliphatic heterocycles. The smallest absolute Gasteiger partial charge is 0.232 e. The van der Waals surface area contributed by atoms with Gasteiger partial charge < -0.3 is 4.98 Å². The van der Waals surface area contributed by atoms with Gasteiger partial charge in [0.05, 0.1) is 17.7 Å². The van der Waals surface area contributed by atoms with Crippen LogP contribution in [0.4, 0.5) is 5.69 Å². The maximum atomic E-state index is 12.9. The molecule has 8 nitrogen and oxygen atoms in total. The summed E-state index contributed by atoms with van der Waals surface area (Å²) in [7, 11) is -3.36. The van der Waals surface area contributed by atoms with Crippen LogP contribution >= 0.6 is 11.8 Å². The molecule has 34 heavy (non-hydrogen) atoms. The summed E-state index contributed by atoms with van der Waals surface area (Å²) in [5.41, 5.74) is 3.14. The molecule has 0 radical (unpaired) electrons. The summed E-state index contributed by atoms with van der Waals surface area (Å²) in [4.78, 5) is 16.2. The molecule has 2 heterocycles. The van der Waals surface area contributed by atoms with Crippen LogP contribution in [-0.4, -0.2) is 52.5 Å². The molecular weight excluding hydrogens is 470 g/mol. The minimum Gasteiger partial charge on any atom is -0.360 e. The van der Waals surface area contributed by atoms with Crippen molar-refractivity contribution in [3.05, 3.63) is 60.3 Å². The predicted octanol–water partition coefficient (Wildman–Crippen LogP) is 4.52. The summed E-state index contributed by atoms with van der Waals surface area (Å²) in [5.74, 6) is 0.999. The lowest BCUT2D eigenvalue weighted by atomic mass is 10.1. The molecule has 1 aliphatic rings. The number of Topliss-reactive ketones (excluding diaryl/α,β-unsaturated/α-hetero) is 1. The average molecular weight is 496 g/mol. The van der Waals surface area contributed by atoms with Gasteiger partial charge >= 0.3 is 0 Å². The Morgan fingerprint density at radius 1 is 1.15 bits per heavy atom. The van der Waals surface area contributed by atoms with Gasteiger partial charge in [0.25, 0.3) is 0 Å². The summed E-state index contributed by atoms with van der Waals surface area (Å²) in [6.45, 7) is 2.11. The largest absolute Gasteiger partial charge is 0.360 e. The third-order valence-corrected chi connectivity index (χ3v) is 8.12. The Morgan fingerprint density at radius 3 is 2.56 bits per heavy atom. The minimum atomic E-state index is -3.36. The summed E-state index contributed by atoms with van der Waals surface area (Å²) in [6, 6.07) is 15.1. The average Bonchev–Trinajstić information content (AvgIpc) is 3.43. The van der Waals surface area contributed by atoms with Crippen molar-refractivity contribution in [2.24, 2.45) is 0 Å². The first-order valence-electron chi connectivity index (χ1n) is 11.1. The third kappa shape index (κ3) is 4.35. The first kappa shape index (κ1) is 22.7. The highest BCUT2D eigenvalue weighted by Crippen LogP contribution is 2.42. The molecule has 0 unspecified atom stereocenters. The number of nitrogens with one attached hydrogen (secondary N) is 1. The van der Waals surface area contributed by atoms with Gasteiger partial charge in [0.15, 0.2) is 16.8 Å². The van der Waals surface area contributed by atoms with Gasteiger partial charge in [-0.05, 0) is 50.1 Å². The number of carbonyl (C=O) groups is 1. The number of para-hydroxylation sites is 1. The molecule has 10 heteroatoms. The molecule has 0 atom stereocenters. The number of aromatic nitrogens is 4. The Balaban J connectivity index is 1.34. The van der Waals surface area contributed by atoms with Crippen molar-refractivity contribution in [2.45, 2.75) is 31.0 Å². The number of rotatable bonds is 9. The fourth-order valence-electron chi connectivity index (χ4n) is 4.11. The highest BCUT2D eigenvalue weighted by molar-refractivity contribution is 7.99. The molecule has 0 spiro atoms. The van der Waals surface area contributed by atoms with Gasteiger partial charge in [0.2, 0.25) is 10.0 Å². The first-order chi connectivity index (χ1) is 16.4. The second kappa shape index (κ2) is 8.92. The molecule has 5 rings (SSSR count). The first-order valence-corrected chi connectivity index (χ1v) is 14.0. The van der Waals surface area contributed by atoms with Crippen molar-refractivity contribution >= 4 is 44.2 Å². The minimum absolute atomic E-state index is 0.0436. The highest BCUT2D eigenvalue weighted by atomic mass is 32.2. The molecule has 1 aliphatic carbocycles. The fourth-order valence-corrected chi connectivity index (χ4v) is 5.99. The van der Waals surface area contributed by atoms with E-state index in [1.54, 1.807) is 31.2 Å². The van der Waals surface area contributed by atoms with Crippen LogP contribution in [0.25, 0.3) is 22.3 Å². The molecule has 0 saturated heterocycles. The van der Waals surface area contributed by atoms with E-state index in [4.69, 9.17) is 0 Å². The molecule has 0 bridgehead atoms. The topological polar surface area (TPSA) is 101 Å². The number of nitrogens with zero attached hydrogens (tertiary/aromatic N) is 4. The van der Waals surface area contributed by atoms with E-state index in [1.165, 1.54) is 22.3 Å². The lowest BCUT2D eigenvalue weighted by Gasteiger charge is -2.20. The van der Waals surface area contributed by atoms with E-state index in [1.807, 2.05) is 24.4 Å². The van der Waals surface area contributed by atoms with Gasteiger partial charge in [-0.2, -0.15) is 0 Å². The summed E-state index contributed by atoms with van der Waals surface area (Å²) < 4.78 is 27.3. The second-order valence-electron chi connectivity index (χ2n) is 8.34. The molecule has 1 fully saturated rings. The molecule has 2 aromatic carbocycles. The van der Waals surface area contributed by atoms with E-state index >= 15 is 0 Å². The van der Waals surface area contributed by atoms with E-state index in [0.29, 0.717) is 23.8 Å². The van der Waals surface area contributed by atoms with Crippen molar-refractivity contribution in [3.63, 3.8) is 0 Å². The number of anilines is 1. The molecular formula is C24H25N5O3S2. The van der Waals surface area contributed by atoms with Crippen molar-refractivity contribution in [1.29, 1.82) is 0 Å². The van der Waals surface area contributed by atoms with E-state index in [0.717, 1.165) is 40.3 Å². The van der Waals surface area contributed by atoms with Gasteiger partial charge in [-0.3, -0.25) is 13.7 Å². The quantitative estimate of drug-likeness (QED) is 0.271. The number of sulfonamides is 1. The molecule has 176 valence electrons. The van der Waals surface area contributed by atoms with E-state index in [-0.39, 0.29) is 11.5 Å². The molecule has 0 amide bonds. The number of thioether (sulfide) groups is 1. The zero-order valence-electron chi connectivity index (χ0n) is 18.9. The highest BCUT2D eigenvalue weighted by Gasteiger charge is 2.31. The van der Waals surface area contributed by atoms with Crippen molar-refractivity contribution in [1.82, 2.24) is 19.7 Å². The number of fused-ring (bicyclic) bond motifs is 1. The Morgan fingerprint density at radius 2 is 1.88 bits per heavy atom. The Kier molecular flexibility index (Phi) is 5.95. The summed E-state index contributed by atoms with van der Waals surface area (Å²) >= 11 is 1.38. The third-order valence-electron chi connectivity index (χ3n) is 5.90. The van der Waals surface area contributed by atoms with Gasteiger partial charge in [0.1, 0.15) is 0 Å². The fraction of sp³-hybridized carbons (Fsp3) is 0.292. The van der Waals surface area contributed by atoms with E-state index < -0.39 is 10.0 Å². The lowest BCUT2D eigenvalue weighted by molar-refractivity contribution is 0.102. The maximum absolute atomic E-state index is 12.9. The number of ketones is 1. The van der Waals surface area contributed by atoms with Crippen LogP contribution in [0.5, 0.6) is 0 Å². The van der Waals surface area contributed by atoms with E-state index in [9.17, 15) is 13.2 Å². The number of hydrogen-bond acceptors (Lipinski definition) is 6. The van der Waals surface area contributed by atoms with Crippen LogP contribution in [0, 0.1) is 0 Å². The number of H-pyrrole nitrogens is 1. The maximum Gasteiger partial charge on any atom is 0.232 e. The molecule has 1 saturated carbocycles. The van der Waals surface area contributed by atoms with Crippen LogP contribution in [0.1, 0.15) is 36.2 Å². The number of benzene rings is 2. The SMILES string of the molecule is CCN(c1ccc(C(=O)CSc2nnc(-c3c[nH]c4ccccc34)n2C2CC2)cc1)S(C)(=O)=O. The standard InChI is InChI=1S/C24H25N5O3S2/c1-3-28(34(2,31)32)17-10-8-16(9-11-17)22(30)15-33-24-27-26-23(29(24)18-12-13-18)20-14-25-21-7-5-4-6-19(20)21/h4-11,14,18,25H,3,12-13,15H2,1-2H3. The number of aromatic amines is 1. The normalized spacial score (nSPS) is 13.9. The van der Waals surface area contributed by atoms with Crippen molar-refractivity contribution in [3.8, 4) is 11.4 Å². The van der Waals surface area contributed by atoms with E-state index in [2.05, 4.69) is 25.8 Å². The van der Waals surface area contributed by atoms with Crippen molar-refractivity contribution in [2.75, 3.05) is 22.9 Å². The molecule has 2 aromatic heterocycles. The van der Waals surface area contributed by atoms with Crippen LogP contribution in [0.2, 0.25) is 0 Å². The lowest BCUT2D eigenvalue weighted by Crippen LogP contribution is -2.29. The van der Waals surface area contributed by atoms with Crippen molar-refractivity contribution < 1.29 is 13.2 Å². The zero-order chi connectivity index (χ0) is 23.9. The Labute approximate surface area is 202 Å². The monoisotopic (exact) mass is 495 g/mol. The van der Waals surface area contributed by atoms with Gasteiger partial charge in [-0.25, -0.2) is 8.42 Å². The van der Waals surface area contributed by atoms with Gasteiger partial charge in [-0.15, -0.1) is 10.2 Å². The van der Waals surface area contributed by atoms with Crippen LogP contribution in [0.3, 0.4) is 0 Å². The zero-order valence-corrected chi connectivity index (χ0v) is 20.6. The van der Waals surface area contributed by atoms with Gasteiger partial charge in [0, 0.05) is 40.8 Å². The second-order valence-corrected chi connectivity index (χ2v) is 11.2. The van der Waals surface area contributed by atoms with Crippen LogP contribution < -0.4 is 4.31 Å². The number of carbonyl (C=O) groups excluding carboxylic acids is 1. The van der Waals surface area contributed by atoms with Crippen LogP contribution in [0.15, 0.2) is 59.9 Å². The number of hydrogen-bond donors (Lipinski definition) is 1. The molecule has 4 aromatic rings. The summed E-state index contributed by atoms with van der Waals surface area (Å²) in [6.07, 6.45) is 5.28. The van der Waals surface area contributed by atoms with Crippen LogP contribution in [-0.2, 0) is 10.0 Å². The summed E-state index contributed by atoms with van der Waals surface area (Å²) in [5, 5.41) is 10.7. The predicted molar refractivity (Wildman–Crippen MR) is 135 cm³/mol. The molecule has 1 N–H and O–H groups in total. The Hall–Kier alpha value is -3.11. The van der Waals surface area contributed by atoms with Gasteiger partial charge in [-0.1, -0.05) is 30.0 Å².